The molecule has 0 spiro atoms. The lowest BCUT2D eigenvalue weighted by molar-refractivity contribution is -0.140. The van der Waals surface area contributed by atoms with Gasteiger partial charge in [-0.25, -0.2) is 9.97 Å². The van der Waals surface area contributed by atoms with Crippen molar-refractivity contribution >= 4 is 51.0 Å². The summed E-state index contributed by atoms with van der Waals surface area (Å²) in [7, 11) is 0. The van der Waals surface area contributed by atoms with Gasteiger partial charge in [-0.15, -0.1) is 23.1 Å². The minimum Gasteiger partial charge on any atom is -0.422 e. The molecule has 0 aliphatic heterocycles. The Morgan fingerprint density at radius 3 is 2.29 bits per heavy atom. The van der Waals surface area contributed by atoms with Crippen LogP contribution in [0.15, 0.2) is 34.7 Å². The summed E-state index contributed by atoms with van der Waals surface area (Å²) in [4.78, 5) is 47.3. The molecule has 2 aromatic heterocycles. The molecule has 0 saturated carbocycles. The Hall–Kier alpha value is -2.78. The number of rotatable bonds is 7. The van der Waals surface area contributed by atoms with E-state index < -0.39 is 29.6 Å². The maximum Gasteiger partial charge on any atom is 0.313 e. The number of fused-ring (bicyclic) bond motifs is 1. The Labute approximate surface area is 188 Å². The van der Waals surface area contributed by atoms with Gasteiger partial charge in [-0.3, -0.25) is 14.4 Å². The Kier molecular flexibility index (Phi) is 7.07. The van der Waals surface area contributed by atoms with Crippen molar-refractivity contribution in [1.29, 1.82) is 0 Å². The first-order chi connectivity index (χ1) is 14.7. The quantitative estimate of drug-likeness (QED) is 0.164. The molecular weight excluding hydrogens is 436 g/mol. The first-order valence-corrected chi connectivity index (χ1v) is 11.7. The van der Waals surface area contributed by atoms with Gasteiger partial charge in [-0.05, 0) is 29.8 Å². The van der Waals surface area contributed by atoms with Crippen molar-refractivity contribution in [2.45, 2.75) is 32.7 Å². The highest BCUT2D eigenvalue weighted by atomic mass is 32.2. The largest absolute Gasteiger partial charge is 0.422 e. The summed E-state index contributed by atoms with van der Waals surface area (Å²) in [5.41, 5.74) is 0.0472. The number of benzene rings is 1. The molecule has 3 aromatic rings. The van der Waals surface area contributed by atoms with Crippen LogP contribution in [0.25, 0.3) is 10.2 Å². The average Bonchev–Trinajstić information content (AvgIpc) is 3.22. The lowest BCUT2D eigenvalue weighted by Gasteiger charge is -2.15. The zero-order valence-corrected chi connectivity index (χ0v) is 19.4. The van der Waals surface area contributed by atoms with E-state index in [1.807, 2.05) is 17.7 Å². The fourth-order valence-corrected chi connectivity index (χ4v) is 3.92. The van der Waals surface area contributed by atoms with Gasteiger partial charge < -0.3 is 9.47 Å². The predicted octanol–water partition coefficient (Wildman–Crippen LogP) is 4.77. The fraction of sp³-hybridized carbons (Fsp3) is 0.318. The smallest absolute Gasteiger partial charge is 0.313 e. The van der Waals surface area contributed by atoms with E-state index in [1.165, 1.54) is 35.2 Å². The van der Waals surface area contributed by atoms with Gasteiger partial charge in [0.2, 0.25) is 11.6 Å². The van der Waals surface area contributed by atoms with E-state index in [2.05, 4.69) is 9.97 Å². The number of carbonyl (C=O) groups is 3. The van der Waals surface area contributed by atoms with E-state index in [-0.39, 0.29) is 22.9 Å². The van der Waals surface area contributed by atoms with Crippen LogP contribution in [0.3, 0.4) is 0 Å². The number of esters is 2. The molecular formula is C22H22N2O5S2. The van der Waals surface area contributed by atoms with Crippen molar-refractivity contribution in [3.63, 3.8) is 0 Å². The van der Waals surface area contributed by atoms with Gasteiger partial charge in [0.15, 0.2) is 11.5 Å². The number of carbonyl (C=O) groups excluding carboxylic acids is 3. The number of aromatic nitrogens is 2. The normalized spacial score (nSPS) is 11.2. The van der Waals surface area contributed by atoms with Crippen molar-refractivity contribution < 1.29 is 23.9 Å². The number of hydrogen-bond acceptors (Lipinski definition) is 9. The van der Waals surface area contributed by atoms with Crippen LogP contribution in [0, 0.1) is 11.8 Å². The summed E-state index contributed by atoms with van der Waals surface area (Å²) in [6.07, 6.45) is 1.87. The number of para-hydroxylation sites is 1. The topological polar surface area (TPSA) is 95.5 Å². The van der Waals surface area contributed by atoms with E-state index in [4.69, 9.17) is 9.47 Å². The second kappa shape index (κ2) is 9.57. The first-order valence-electron chi connectivity index (χ1n) is 9.63. The number of thioether (sulfide) groups is 1. The highest BCUT2D eigenvalue weighted by Gasteiger charge is 2.26. The second-order valence-corrected chi connectivity index (χ2v) is 9.00. The van der Waals surface area contributed by atoms with Crippen LogP contribution in [-0.4, -0.2) is 33.9 Å². The summed E-state index contributed by atoms with van der Waals surface area (Å²) in [5, 5.41) is 3.44. The molecule has 1 aromatic carbocycles. The van der Waals surface area contributed by atoms with Crippen LogP contribution in [0.5, 0.6) is 11.5 Å². The summed E-state index contributed by atoms with van der Waals surface area (Å²) in [6.45, 7) is 6.71. The minimum atomic E-state index is -0.554. The molecule has 3 rings (SSSR count). The first kappa shape index (κ1) is 22.9. The molecule has 0 unspecified atom stereocenters. The Balaban J connectivity index is 2.11. The average molecular weight is 459 g/mol. The van der Waals surface area contributed by atoms with Crippen LogP contribution in [0.1, 0.15) is 43.9 Å². The molecule has 0 saturated heterocycles. The van der Waals surface area contributed by atoms with Gasteiger partial charge in [0, 0.05) is 5.39 Å². The summed E-state index contributed by atoms with van der Waals surface area (Å²) in [5.74, 6) is -2.57. The van der Waals surface area contributed by atoms with E-state index in [9.17, 15) is 14.4 Å². The molecule has 9 heteroatoms. The van der Waals surface area contributed by atoms with Crippen LogP contribution in [0.2, 0.25) is 0 Å². The molecule has 0 N–H and O–H groups in total. The third-order valence-electron chi connectivity index (χ3n) is 4.27. The molecule has 162 valence electrons. The molecule has 0 aliphatic carbocycles. The summed E-state index contributed by atoms with van der Waals surface area (Å²) in [6, 6.07) is 6.44. The fourth-order valence-electron chi connectivity index (χ4n) is 2.53. The Morgan fingerprint density at radius 1 is 0.968 bits per heavy atom. The zero-order chi connectivity index (χ0) is 22.7. The van der Waals surface area contributed by atoms with Crippen LogP contribution in [0.4, 0.5) is 0 Å². The highest BCUT2D eigenvalue weighted by molar-refractivity contribution is 7.98. The number of nitrogens with zero attached hydrogens (tertiary/aromatic N) is 2. The second-order valence-electron chi connectivity index (χ2n) is 7.31. The summed E-state index contributed by atoms with van der Waals surface area (Å²) >= 11 is 2.82. The van der Waals surface area contributed by atoms with Gasteiger partial charge in [-0.1, -0.05) is 33.8 Å². The van der Waals surface area contributed by atoms with Gasteiger partial charge in [0.05, 0.1) is 17.4 Å². The minimum absolute atomic E-state index is 0.000779. The number of thiophene rings is 1. The van der Waals surface area contributed by atoms with Gasteiger partial charge in [-0.2, -0.15) is 0 Å². The van der Waals surface area contributed by atoms with Crippen molar-refractivity contribution in [3.8, 4) is 11.5 Å². The lowest BCUT2D eigenvalue weighted by atomic mass is 10.1. The maximum atomic E-state index is 13.4. The van der Waals surface area contributed by atoms with Crippen molar-refractivity contribution in [1.82, 2.24) is 9.97 Å². The van der Waals surface area contributed by atoms with Gasteiger partial charge in [0.25, 0.3) is 0 Å². The third-order valence-corrected chi connectivity index (χ3v) is 5.77. The van der Waals surface area contributed by atoms with Crippen molar-refractivity contribution in [3.05, 3.63) is 41.0 Å². The number of ether oxygens (including phenoxy) is 2. The molecule has 7 nitrogen and oxygen atoms in total. The number of ketones is 1. The van der Waals surface area contributed by atoms with Crippen molar-refractivity contribution in [2.75, 3.05) is 6.26 Å². The van der Waals surface area contributed by atoms with Gasteiger partial charge in [0.1, 0.15) is 9.86 Å². The third kappa shape index (κ3) is 4.94. The molecule has 0 aliphatic rings. The van der Waals surface area contributed by atoms with Crippen molar-refractivity contribution in [2.24, 2.45) is 11.8 Å². The van der Waals surface area contributed by atoms with Crippen LogP contribution >= 0.6 is 23.1 Å². The Morgan fingerprint density at radius 2 is 1.65 bits per heavy atom. The molecule has 0 bridgehead atoms. The highest BCUT2D eigenvalue weighted by Crippen LogP contribution is 2.35. The predicted molar refractivity (Wildman–Crippen MR) is 120 cm³/mol. The number of hydrogen-bond donors (Lipinski definition) is 0. The standard InChI is InChI=1S/C22H22N2O5S2/c1-11(2)21(26)28-15-8-6-7-13(17(15)29-22(27)12(3)4)16(25)18-23-19(30-5)14-9-10-31-20(14)24-18/h6-12H,1-5H3. The zero-order valence-electron chi connectivity index (χ0n) is 17.8. The van der Waals surface area contributed by atoms with E-state index >= 15 is 0 Å². The monoisotopic (exact) mass is 458 g/mol. The van der Waals surface area contributed by atoms with E-state index in [0.717, 1.165) is 5.39 Å². The molecule has 2 heterocycles. The Bertz CT molecular complexity index is 1150. The molecule has 31 heavy (non-hydrogen) atoms. The molecule has 0 amide bonds. The van der Waals surface area contributed by atoms with Crippen LogP contribution < -0.4 is 9.47 Å². The SMILES string of the molecule is CSc1nc(C(=O)c2cccc(OC(=O)C(C)C)c2OC(=O)C(C)C)nc2sccc12. The maximum absolute atomic E-state index is 13.4. The summed E-state index contributed by atoms with van der Waals surface area (Å²) < 4.78 is 10.9. The van der Waals surface area contributed by atoms with Gasteiger partial charge >= 0.3 is 11.9 Å². The lowest BCUT2D eigenvalue weighted by Crippen LogP contribution is -2.20. The van der Waals surface area contributed by atoms with Crippen LogP contribution in [-0.2, 0) is 9.59 Å². The molecule has 0 atom stereocenters. The van der Waals surface area contributed by atoms with E-state index in [1.54, 1.807) is 33.8 Å². The molecule has 0 fully saturated rings. The van der Waals surface area contributed by atoms with E-state index in [0.29, 0.717) is 9.86 Å². The molecule has 0 radical (unpaired) electrons.